The summed E-state index contributed by atoms with van der Waals surface area (Å²) < 4.78 is 0. The predicted molar refractivity (Wildman–Crippen MR) is 59.7 cm³/mol. The molecule has 15 heavy (non-hydrogen) atoms. The van der Waals surface area contributed by atoms with Gasteiger partial charge in [0, 0.05) is 6.54 Å². The van der Waals surface area contributed by atoms with E-state index in [1.807, 2.05) is 0 Å². The van der Waals surface area contributed by atoms with Crippen LogP contribution in [0.2, 0.25) is 0 Å². The van der Waals surface area contributed by atoms with Gasteiger partial charge >= 0.3 is 5.97 Å². The zero-order valence-electron chi connectivity index (χ0n) is 9.24. The smallest absolute Gasteiger partial charge is 0.321 e. The number of carboxylic acid groups (broad SMARTS) is 1. The topological polar surface area (TPSA) is 75.3 Å². The number of carbonyl (C=O) groups is 1. The number of nitrogens with two attached hydrogens (primary N) is 1. The Morgan fingerprint density at radius 2 is 2.13 bits per heavy atom. The molecule has 4 heteroatoms. The van der Waals surface area contributed by atoms with Crippen molar-refractivity contribution in [2.24, 2.45) is 11.7 Å². The van der Waals surface area contributed by atoms with Gasteiger partial charge in [-0.15, -0.1) is 0 Å². The maximum absolute atomic E-state index is 10.4. The summed E-state index contributed by atoms with van der Waals surface area (Å²) in [5.41, 5.74) is 5.36. The van der Waals surface area contributed by atoms with E-state index < -0.39 is 12.0 Å². The van der Waals surface area contributed by atoms with Gasteiger partial charge in [-0.25, -0.2) is 0 Å². The van der Waals surface area contributed by atoms with Crippen LogP contribution in [0.1, 0.15) is 38.5 Å². The van der Waals surface area contributed by atoms with E-state index in [2.05, 4.69) is 5.32 Å². The number of nitrogens with one attached hydrogen (secondary N) is 1. The molecule has 1 rings (SSSR count). The largest absolute Gasteiger partial charge is 0.480 e. The van der Waals surface area contributed by atoms with Gasteiger partial charge in [-0.2, -0.15) is 0 Å². The van der Waals surface area contributed by atoms with Crippen molar-refractivity contribution >= 4 is 5.97 Å². The van der Waals surface area contributed by atoms with Crippen LogP contribution in [0.3, 0.4) is 0 Å². The lowest BCUT2D eigenvalue weighted by atomic mass is 10.0. The minimum Gasteiger partial charge on any atom is -0.480 e. The van der Waals surface area contributed by atoms with Crippen molar-refractivity contribution in [2.45, 2.75) is 44.6 Å². The van der Waals surface area contributed by atoms with Gasteiger partial charge in [-0.05, 0) is 25.3 Å². The van der Waals surface area contributed by atoms with Gasteiger partial charge in [-0.3, -0.25) is 4.79 Å². The summed E-state index contributed by atoms with van der Waals surface area (Å²) in [7, 11) is 0. The molecular weight excluding hydrogens is 192 g/mol. The molecule has 4 N–H and O–H groups in total. The second-order valence-corrected chi connectivity index (χ2v) is 4.44. The molecule has 1 aliphatic rings. The van der Waals surface area contributed by atoms with Crippen LogP contribution in [-0.4, -0.2) is 30.2 Å². The zero-order chi connectivity index (χ0) is 11.1. The van der Waals surface area contributed by atoms with Crippen LogP contribution >= 0.6 is 0 Å². The average molecular weight is 214 g/mol. The molecule has 1 fully saturated rings. The highest BCUT2D eigenvalue weighted by atomic mass is 16.4. The van der Waals surface area contributed by atoms with Gasteiger partial charge in [-0.1, -0.05) is 25.7 Å². The van der Waals surface area contributed by atoms with E-state index in [9.17, 15) is 4.79 Å². The van der Waals surface area contributed by atoms with Crippen LogP contribution in [-0.2, 0) is 4.79 Å². The summed E-state index contributed by atoms with van der Waals surface area (Å²) in [4.78, 5) is 10.4. The maximum Gasteiger partial charge on any atom is 0.321 e. The molecule has 0 aromatic rings. The molecule has 0 aliphatic heterocycles. The van der Waals surface area contributed by atoms with E-state index in [0.29, 0.717) is 6.54 Å². The SMILES string of the molecule is NC(CNCCCC1CCCC1)C(=O)O. The van der Waals surface area contributed by atoms with Crippen molar-refractivity contribution in [3.8, 4) is 0 Å². The summed E-state index contributed by atoms with van der Waals surface area (Å²) >= 11 is 0. The fourth-order valence-electron chi connectivity index (χ4n) is 2.16. The van der Waals surface area contributed by atoms with Gasteiger partial charge in [0.05, 0.1) is 0 Å². The number of aliphatic carboxylic acids is 1. The van der Waals surface area contributed by atoms with Gasteiger partial charge in [0.2, 0.25) is 0 Å². The molecule has 0 spiro atoms. The van der Waals surface area contributed by atoms with Crippen LogP contribution in [0.15, 0.2) is 0 Å². The maximum atomic E-state index is 10.4. The van der Waals surface area contributed by atoms with Gasteiger partial charge < -0.3 is 16.2 Å². The normalized spacial score (nSPS) is 19.3. The Morgan fingerprint density at radius 3 is 2.73 bits per heavy atom. The first-order valence-electron chi connectivity index (χ1n) is 5.89. The molecule has 4 nitrogen and oxygen atoms in total. The third-order valence-electron chi connectivity index (χ3n) is 3.12. The fraction of sp³-hybridized carbons (Fsp3) is 0.909. The molecule has 0 saturated heterocycles. The fourth-order valence-corrected chi connectivity index (χ4v) is 2.16. The van der Waals surface area contributed by atoms with Crippen LogP contribution in [0.25, 0.3) is 0 Å². The molecule has 1 unspecified atom stereocenters. The minimum atomic E-state index is -0.932. The highest BCUT2D eigenvalue weighted by molar-refractivity contribution is 5.73. The first kappa shape index (κ1) is 12.5. The molecule has 0 amide bonds. The van der Waals surface area contributed by atoms with Crippen molar-refractivity contribution in [2.75, 3.05) is 13.1 Å². The molecule has 0 bridgehead atoms. The minimum absolute atomic E-state index is 0.375. The van der Waals surface area contributed by atoms with Crippen molar-refractivity contribution < 1.29 is 9.90 Å². The Bertz CT molecular complexity index is 191. The van der Waals surface area contributed by atoms with Crippen LogP contribution in [0.4, 0.5) is 0 Å². The summed E-state index contributed by atoms with van der Waals surface area (Å²) in [6, 6.07) is -0.767. The molecule has 1 atom stereocenters. The molecule has 0 radical (unpaired) electrons. The standard InChI is InChI=1S/C11H22N2O2/c12-10(11(14)15)8-13-7-3-6-9-4-1-2-5-9/h9-10,13H,1-8,12H2,(H,14,15). The second kappa shape index (κ2) is 6.80. The number of hydrogen-bond acceptors (Lipinski definition) is 3. The molecular formula is C11H22N2O2. The first-order valence-corrected chi connectivity index (χ1v) is 5.89. The zero-order valence-corrected chi connectivity index (χ0v) is 9.24. The lowest BCUT2D eigenvalue weighted by molar-refractivity contribution is -0.138. The molecule has 0 aromatic carbocycles. The summed E-state index contributed by atoms with van der Waals surface area (Å²) in [6.07, 6.45) is 7.96. The van der Waals surface area contributed by atoms with Gasteiger partial charge in [0.1, 0.15) is 6.04 Å². The number of carboxylic acids is 1. The Kier molecular flexibility index (Phi) is 5.65. The summed E-state index contributed by atoms with van der Waals surface area (Å²) in [5.74, 6) is -0.0155. The van der Waals surface area contributed by atoms with E-state index in [1.165, 1.54) is 32.1 Å². The van der Waals surface area contributed by atoms with Gasteiger partial charge in [0.15, 0.2) is 0 Å². The summed E-state index contributed by atoms with van der Waals surface area (Å²) in [5, 5.41) is 11.6. The Morgan fingerprint density at radius 1 is 1.47 bits per heavy atom. The highest BCUT2D eigenvalue weighted by Gasteiger charge is 2.14. The predicted octanol–water partition coefficient (Wildman–Crippen LogP) is 0.958. The van der Waals surface area contributed by atoms with Crippen LogP contribution in [0.5, 0.6) is 0 Å². The second-order valence-electron chi connectivity index (χ2n) is 4.44. The lowest BCUT2D eigenvalue weighted by Gasteiger charge is -2.10. The first-order chi connectivity index (χ1) is 7.20. The Labute approximate surface area is 91.2 Å². The van der Waals surface area contributed by atoms with E-state index >= 15 is 0 Å². The van der Waals surface area contributed by atoms with Crippen molar-refractivity contribution in [3.63, 3.8) is 0 Å². The van der Waals surface area contributed by atoms with Crippen molar-refractivity contribution in [1.29, 1.82) is 0 Å². The molecule has 88 valence electrons. The third kappa shape index (κ3) is 5.14. The molecule has 1 aliphatic carbocycles. The highest BCUT2D eigenvalue weighted by Crippen LogP contribution is 2.28. The Balaban J connectivity index is 1.90. The molecule has 0 aromatic heterocycles. The van der Waals surface area contributed by atoms with E-state index in [4.69, 9.17) is 10.8 Å². The van der Waals surface area contributed by atoms with E-state index in [0.717, 1.165) is 18.9 Å². The average Bonchev–Trinajstić information content (AvgIpc) is 2.69. The van der Waals surface area contributed by atoms with Gasteiger partial charge in [0.25, 0.3) is 0 Å². The van der Waals surface area contributed by atoms with Crippen molar-refractivity contribution in [1.82, 2.24) is 5.32 Å². The van der Waals surface area contributed by atoms with E-state index in [-0.39, 0.29) is 0 Å². The van der Waals surface area contributed by atoms with Crippen molar-refractivity contribution in [3.05, 3.63) is 0 Å². The lowest BCUT2D eigenvalue weighted by Crippen LogP contribution is -2.40. The monoisotopic (exact) mass is 214 g/mol. The third-order valence-corrected chi connectivity index (χ3v) is 3.12. The Hall–Kier alpha value is -0.610. The van der Waals surface area contributed by atoms with Crippen LogP contribution in [0, 0.1) is 5.92 Å². The number of rotatable bonds is 7. The number of hydrogen-bond donors (Lipinski definition) is 3. The molecule has 1 saturated carbocycles. The van der Waals surface area contributed by atoms with Crippen LogP contribution < -0.4 is 11.1 Å². The quantitative estimate of drug-likeness (QED) is 0.552. The molecule has 0 heterocycles. The van der Waals surface area contributed by atoms with E-state index in [1.54, 1.807) is 0 Å². The summed E-state index contributed by atoms with van der Waals surface area (Å²) in [6.45, 7) is 1.26.